The van der Waals surface area contributed by atoms with Crippen LogP contribution in [0.5, 0.6) is 0 Å². The minimum atomic E-state index is -0.240. The molecule has 2 aromatic rings. The summed E-state index contributed by atoms with van der Waals surface area (Å²) in [6.07, 6.45) is 5.76. The highest BCUT2D eigenvalue weighted by molar-refractivity contribution is 5.86. The summed E-state index contributed by atoms with van der Waals surface area (Å²) < 4.78 is 2.12. The lowest BCUT2D eigenvalue weighted by Gasteiger charge is -2.52. The first-order valence-corrected chi connectivity index (χ1v) is 8.61. The van der Waals surface area contributed by atoms with Gasteiger partial charge < -0.3 is 0 Å². The van der Waals surface area contributed by atoms with Crippen molar-refractivity contribution in [3.8, 4) is 5.69 Å². The molecule has 0 saturated heterocycles. The van der Waals surface area contributed by atoms with E-state index in [1.54, 1.807) is 0 Å². The van der Waals surface area contributed by atoms with Gasteiger partial charge in [0.2, 0.25) is 0 Å². The number of carbonyl (C=O) groups excluding carboxylic acids is 1. The average Bonchev–Trinajstić information content (AvgIpc) is 2.98. The Labute approximate surface area is 137 Å². The minimum absolute atomic E-state index is 0.0251. The fraction of sp³-hybridized carbons (Fsp3) is 0.500. The van der Waals surface area contributed by atoms with Gasteiger partial charge in [-0.05, 0) is 42.9 Å². The predicted molar refractivity (Wildman–Crippen MR) is 90.7 cm³/mol. The van der Waals surface area contributed by atoms with Crippen LogP contribution in [0.2, 0.25) is 0 Å². The van der Waals surface area contributed by atoms with Crippen LogP contribution in [0.4, 0.5) is 0 Å². The standard InChI is InChI=1S/C20H24N2O/c1-19(2)16-10-9-14-13-21-22(15-7-5-4-6-8-15)18(14)20(16,3)12-11-17(19)23/h4-8,13,16H,9-12H2,1-3H3/t16-,20-/m0/s1. The van der Waals surface area contributed by atoms with Gasteiger partial charge in [-0.2, -0.15) is 5.10 Å². The Morgan fingerprint density at radius 3 is 2.61 bits per heavy atom. The van der Waals surface area contributed by atoms with Gasteiger partial charge in [-0.3, -0.25) is 4.79 Å². The maximum atomic E-state index is 12.5. The second kappa shape index (κ2) is 4.80. The number of nitrogens with zero attached hydrogens (tertiary/aromatic N) is 2. The number of Topliss-reactive ketones (excluding diaryl/α,β-unsaturated/α-hetero) is 1. The summed E-state index contributed by atoms with van der Waals surface area (Å²) in [5.74, 6) is 0.817. The zero-order chi connectivity index (χ0) is 16.2. The molecule has 0 unspecified atom stereocenters. The van der Waals surface area contributed by atoms with Crippen LogP contribution in [0.3, 0.4) is 0 Å². The van der Waals surface area contributed by atoms with Crippen molar-refractivity contribution in [1.29, 1.82) is 0 Å². The summed E-state index contributed by atoms with van der Waals surface area (Å²) in [6.45, 7) is 6.64. The zero-order valence-electron chi connectivity index (χ0n) is 14.2. The number of hydrogen-bond acceptors (Lipinski definition) is 2. The van der Waals surface area contributed by atoms with Crippen LogP contribution in [0.15, 0.2) is 36.5 Å². The normalized spacial score (nSPS) is 29.0. The van der Waals surface area contributed by atoms with Crippen LogP contribution in [-0.2, 0) is 16.6 Å². The van der Waals surface area contributed by atoms with Gasteiger partial charge in [0.25, 0.3) is 0 Å². The van der Waals surface area contributed by atoms with Crippen molar-refractivity contribution in [1.82, 2.24) is 9.78 Å². The van der Waals surface area contributed by atoms with Gasteiger partial charge in [-0.15, -0.1) is 0 Å². The van der Waals surface area contributed by atoms with Crippen LogP contribution < -0.4 is 0 Å². The predicted octanol–water partition coefficient (Wildman–Crippen LogP) is 4.08. The lowest BCUT2D eigenvalue weighted by molar-refractivity contribution is -0.137. The Morgan fingerprint density at radius 2 is 1.87 bits per heavy atom. The molecule has 0 spiro atoms. The smallest absolute Gasteiger partial charge is 0.138 e. The number of para-hydroxylation sites is 1. The van der Waals surface area contributed by atoms with E-state index in [0.29, 0.717) is 18.1 Å². The van der Waals surface area contributed by atoms with E-state index in [4.69, 9.17) is 5.10 Å². The lowest BCUT2D eigenvalue weighted by Crippen LogP contribution is -2.52. The molecule has 1 aromatic carbocycles. The Morgan fingerprint density at radius 1 is 1.13 bits per heavy atom. The van der Waals surface area contributed by atoms with E-state index in [0.717, 1.165) is 24.9 Å². The monoisotopic (exact) mass is 308 g/mol. The van der Waals surface area contributed by atoms with Crippen LogP contribution in [0.1, 0.15) is 51.3 Å². The van der Waals surface area contributed by atoms with Crippen LogP contribution in [0, 0.1) is 11.3 Å². The van der Waals surface area contributed by atoms with Gasteiger partial charge in [0.15, 0.2) is 0 Å². The van der Waals surface area contributed by atoms with Crippen molar-refractivity contribution in [2.24, 2.45) is 11.3 Å². The molecule has 0 amide bonds. The molecule has 2 aliphatic rings. The van der Waals surface area contributed by atoms with Crippen molar-refractivity contribution in [2.75, 3.05) is 0 Å². The van der Waals surface area contributed by atoms with E-state index in [9.17, 15) is 4.79 Å². The Kier molecular flexibility index (Phi) is 3.06. The summed E-state index contributed by atoms with van der Waals surface area (Å²) in [6, 6.07) is 10.4. The van der Waals surface area contributed by atoms with E-state index in [1.165, 1.54) is 11.3 Å². The summed E-state index contributed by atoms with van der Waals surface area (Å²) in [5.41, 5.74) is 3.59. The van der Waals surface area contributed by atoms with E-state index >= 15 is 0 Å². The molecule has 1 aromatic heterocycles. The fourth-order valence-electron chi connectivity index (χ4n) is 5.06. The molecule has 3 heteroatoms. The van der Waals surface area contributed by atoms with Gasteiger partial charge in [0.1, 0.15) is 5.78 Å². The van der Waals surface area contributed by atoms with Gasteiger partial charge in [0.05, 0.1) is 17.6 Å². The molecule has 23 heavy (non-hydrogen) atoms. The third-order valence-electron chi connectivity index (χ3n) is 6.32. The summed E-state index contributed by atoms with van der Waals surface area (Å²) in [5, 5.41) is 4.70. The number of hydrogen-bond donors (Lipinski definition) is 0. The molecule has 2 atom stereocenters. The number of rotatable bonds is 1. The van der Waals surface area contributed by atoms with E-state index in [-0.39, 0.29) is 10.8 Å². The maximum Gasteiger partial charge on any atom is 0.138 e. The number of fused-ring (bicyclic) bond motifs is 3. The Balaban J connectivity index is 1.89. The van der Waals surface area contributed by atoms with Gasteiger partial charge in [-0.1, -0.05) is 39.0 Å². The molecule has 1 fully saturated rings. The zero-order valence-corrected chi connectivity index (χ0v) is 14.2. The Bertz CT molecular complexity index is 759. The van der Waals surface area contributed by atoms with Gasteiger partial charge in [-0.25, -0.2) is 4.68 Å². The molecular weight excluding hydrogens is 284 g/mol. The third kappa shape index (κ3) is 1.95. The molecule has 0 N–H and O–H groups in total. The second-order valence-corrected chi connectivity index (χ2v) is 7.92. The molecule has 0 bridgehead atoms. The summed E-state index contributed by atoms with van der Waals surface area (Å²) in [4.78, 5) is 12.5. The van der Waals surface area contributed by atoms with Crippen molar-refractivity contribution in [3.63, 3.8) is 0 Å². The number of aryl methyl sites for hydroxylation is 1. The van der Waals surface area contributed by atoms with Crippen molar-refractivity contribution in [3.05, 3.63) is 47.8 Å². The lowest BCUT2D eigenvalue weighted by atomic mass is 9.51. The van der Waals surface area contributed by atoms with E-state index < -0.39 is 0 Å². The van der Waals surface area contributed by atoms with Gasteiger partial charge >= 0.3 is 0 Å². The number of carbonyl (C=O) groups is 1. The summed E-state index contributed by atoms with van der Waals surface area (Å²) >= 11 is 0. The van der Waals surface area contributed by atoms with E-state index in [2.05, 4.69) is 49.7 Å². The Hall–Kier alpha value is -1.90. The first-order valence-electron chi connectivity index (χ1n) is 8.61. The summed E-state index contributed by atoms with van der Waals surface area (Å²) in [7, 11) is 0. The fourth-order valence-corrected chi connectivity index (χ4v) is 5.06. The SMILES string of the molecule is CC1(C)C(=O)CC[C@]2(C)c3c(cnn3-c3ccccc3)CC[C@@H]12. The highest BCUT2D eigenvalue weighted by atomic mass is 16.1. The van der Waals surface area contributed by atoms with Crippen LogP contribution >= 0.6 is 0 Å². The number of benzene rings is 1. The highest BCUT2D eigenvalue weighted by Gasteiger charge is 2.55. The van der Waals surface area contributed by atoms with Crippen LogP contribution in [0.25, 0.3) is 5.69 Å². The molecule has 0 aliphatic heterocycles. The van der Waals surface area contributed by atoms with Crippen molar-refractivity contribution in [2.45, 2.75) is 51.9 Å². The molecular formula is C20H24N2O. The average molecular weight is 308 g/mol. The van der Waals surface area contributed by atoms with Gasteiger partial charge in [0, 0.05) is 17.3 Å². The van der Waals surface area contributed by atoms with Crippen LogP contribution in [-0.4, -0.2) is 15.6 Å². The molecule has 4 rings (SSSR count). The largest absolute Gasteiger partial charge is 0.299 e. The molecule has 1 heterocycles. The first kappa shape index (κ1) is 14.7. The quantitative estimate of drug-likeness (QED) is 0.795. The minimum Gasteiger partial charge on any atom is -0.299 e. The number of aromatic nitrogens is 2. The van der Waals surface area contributed by atoms with Crippen molar-refractivity contribution >= 4 is 5.78 Å². The molecule has 120 valence electrons. The molecule has 0 radical (unpaired) electrons. The molecule has 1 saturated carbocycles. The molecule has 3 nitrogen and oxygen atoms in total. The first-order chi connectivity index (χ1) is 10.9. The van der Waals surface area contributed by atoms with E-state index in [1.807, 2.05) is 12.3 Å². The number of ketones is 1. The third-order valence-corrected chi connectivity index (χ3v) is 6.32. The topological polar surface area (TPSA) is 34.9 Å². The highest BCUT2D eigenvalue weighted by Crippen LogP contribution is 2.55. The second-order valence-electron chi connectivity index (χ2n) is 7.92. The molecule has 2 aliphatic carbocycles. The van der Waals surface area contributed by atoms with Crippen molar-refractivity contribution < 1.29 is 4.79 Å². The maximum absolute atomic E-state index is 12.5.